The van der Waals surface area contributed by atoms with Crippen LogP contribution in [-0.4, -0.2) is 15.8 Å². The largest absolute Gasteiger partial charge is 0.325 e. The summed E-state index contributed by atoms with van der Waals surface area (Å²) in [6, 6.07) is 12.7. The van der Waals surface area contributed by atoms with E-state index in [1.54, 1.807) is 19.1 Å². The monoisotopic (exact) mass is 367 g/mol. The zero-order chi connectivity index (χ0) is 18.7. The third-order valence-corrected chi connectivity index (χ3v) is 4.91. The van der Waals surface area contributed by atoms with Crippen molar-refractivity contribution >= 4 is 28.6 Å². The summed E-state index contributed by atoms with van der Waals surface area (Å²) in [5.41, 5.74) is 3.73. The lowest BCUT2D eigenvalue weighted by Gasteiger charge is -2.07. The normalized spacial score (nSPS) is 10.5. The highest BCUT2D eigenvalue weighted by atomic mass is 32.1. The molecule has 26 heavy (non-hydrogen) atoms. The molecular weight excluding hydrogens is 350 g/mol. The van der Waals surface area contributed by atoms with Gasteiger partial charge in [0.2, 0.25) is 5.91 Å². The number of anilines is 1. The minimum absolute atomic E-state index is 0.0156. The molecule has 3 rings (SSSR count). The quantitative estimate of drug-likeness (QED) is 0.531. The van der Waals surface area contributed by atoms with Gasteiger partial charge in [0, 0.05) is 17.0 Å². The maximum absolute atomic E-state index is 12.3. The minimum Gasteiger partial charge on any atom is -0.325 e. The van der Waals surface area contributed by atoms with Crippen molar-refractivity contribution in [1.82, 2.24) is 4.98 Å². The molecule has 0 spiro atoms. The Balaban J connectivity index is 1.70. The summed E-state index contributed by atoms with van der Waals surface area (Å²) in [6.45, 7) is 3.64. The molecule has 0 unspecified atom stereocenters. The second-order valence-corrected chi connectivity index (χ2v) is 6.80. The first-order valence-corrected chi connectivity index (χ1v) is 8.87. The molecule has 0 aliphatic carbocycles. The van der Waals surface area contributed by atoms with E-state index in [0.29, 0.717) is 16.9 Å². The first-order valence-electron chi connectivity index (χ1n) is 7.99. The Kier molecular flexibility index (Phi) is 5.09. The van der Waals surface area contributed by atoms with Crippen LogP contribution in [-0.2, 0) is 11.2 Å². The summed E-state index contributed by atoms with van der Waals surface area (Å²) in [6.07, 6.45) is 0.116. The Morgan fingerprint density at radius 3 is 2.62 bits per heavy atom. The van der Waals surface area contributed by atoms with Crippen molar-refractivity contribution in [1.29, 1.82) is 0 Å². The zero-order valence-corrected chi connectivity index (χ0v) is 15.2. The molecule has 0 saturated carbocycles. The van der Waals surface area contributed by atoms with Gasteiger partial charge in [-0.2, -0.15) is 0 Å². The lowest BCUT2D eigenvalue weighted by molar-refractivity contribution is -0.385. The van der Waals surface area contributed by atoms with Crippen LogP contribution in [0.4, 0.5) is 11.4 Å². The van der Waals surface area contributed by atoms with Crippen LogP contribution >= 0.6 is 11.3 Å². The summed E-state index contributed by atoms with van der Waals surface area (Å²) in [5.74, 6) is -0.255. The SMILES string of the molecule is Cc1ccc(-c2nc(CC(=O)Nc3cccc([N+](=O)[O-])c3C)cs2)cc1. The molecule has 6 nitrogen and oxygen atoms in total. The Morgan fingerprint density at radius 1 is 1.19 bits per heavy atom. The van der Waals surface area contributed by atoms with Crippen molar-refractivity contribution in [3.8, 4) is 10.6 Å². The van der Waals surface area contributed by atoms with Crippen LogP contribution in [0.2, 0.25) is 0 Å². The number of thiazole rings is 1. The maximum Gasteiger partial charge on any atom is 0.274 e. The molecule has 1 heterocycles. The van der Waals surface area contributed by atoms with Gasteiger partial charge in [-0.1, -0.05) is 35.9 Å². The number of benzene rings is 2. The molecule has 0 aliphatic heterocycles. The third-order valence-electron chi connectivity index (χ3n) is 3.97. The Hall–Kier alpha value is -3.06. The van der Waals surface area contributed by atoms with E-state index in [9.17, 15) is 14.9 Å². The van der Waals surface area contributed by atoms with Gasteiger partial charge in [0.1, 0.15) is 5.01 Å². The van der Waals surface area contributed by atoms with E-state index >= 15 is 0 Å². The average Bonchev–Trinajstić information content (AvgIpc) is 3.05. The fraction of sp³-hybridized carbons (Fsp3) is 0.158. The van der Waals surface area contributed by atoms with Crippen LogP contribution in [0.3, 0.4) is 0 Å². The van der Waals surface area contributed by atoms with Gasteiger partial charge in [-0.15, -0.1) is 11.3 Å². The smallest absolute Gasteiger partial charge is 0.274 e. The Bertz CT molecular complexity index is 964. The third kappa shape index (κ3) is 3.94. The molecule has 0 radical (unpaired) electrons. The average molecular weight is 367 g/mol. The molecule has 0 atom stereocenters. The van der Waals surface area contributed by atoms with Crippen molar-refractivity contribution in [2.75, 3.05) is 5.32 Å². The van der Waals surface area contributed by atoms with E-state index in [2.05, 4.69) is 10.3 Å². The number of nitro benzene ring substituents is 1. The molecular formula is C19H17N3O3S. The van der Waals surface area contributed by atoms with Crippen molar-refractivity contribution in [2.24, 2.45) is 0 Å². The summed E-state index contributed by atoms with van der Waals surface area (Å²) in [4.78, 5) is 27.3. The lowest BCUT2D eigenvalue weighted by atomic mass is 10.1. The molecule has 3 aromatic rings. The minimum atomic E-state index is -0.459. The Morgan fingerprint density at radius 2 is 1.92 bits per heavy atom. The zero-order valence-electron chi connectivity index (χ0n) is 14.4. The first-order chi connectivity index (χ1) is 12.4. The highest BCUT2D eigenvalue weighted by Gasteiger charge is 2.15. The number of carbonyl (C=O) groups is 1. The van der Waals surface area contributed by atoms with Gasteiger partial charge in [0.25, 0.3) is 5.69 Å². The van der Waals surface area contributed by atoms with Crippen LogP contribution in [0.15, 0.2) is 47.8 Å². The molecule has 0 aliphatic rings. The highest BCUT2D eigenvalue weighted by molar-refractivity contribution is 7.13. The highest BCUT2D eigenvalue weighted by Crippen LogP contribution is 2.26. The van der Waals surface area contributed by atoms with Gasteiger partial charge < -0.3 is 5.32 Å². The van der Waals surface area contributed by atoms with Gasteiger partial charge in [0.05, 0.1) is 28.3 Å². The number of aryl methyl sites for hydroxylation is 1. The van der Waals surface area contributed by atoms with E-state index in [1.165, 1.54) is 23.0 Å². The first kappa shape index (κ1) is 17.8. The molecule has 132 valence electrons. The number of nitrogens with zero attached hydrogens (tertiary/aromatic N) is 2. The topological polar surface area (TPSA) is 85.1 Å². The molecule has 0 saturated heterocycles. The number of rotatable bonds is 5. The number of carbonyl (C=O) groups excluding carboxylic acids is 1. The number of hydrogen-bond donors (Lipinski definition) is 1. The molecule has 7 heteroatoms. The summed E-state index contributed by atoms with van der Waals surface area (Å²) in [5, 5.41) is 16.4. The predicted octanol–water partition coefficient (Wildman–Crippen LogP) is 4.52. The molecule has 1 aromatic heterocycles. The van der Waals surface area contributed by atoms with Crippen molar-refractivity contribution in [2.45, 2.75) is 20.3 Å². The van der Waals surface area contributed by atoms with Gasteiger partial charge in [-0.25, -0.2) is 4.98 Å². The van der Waals surface area contributed by atoms with Crippen molar-refractivity contribution in [3.05, 3.63) is 74.8 Å². The number of amides is 1. The number of nitrogens with one attached hydrogen (secondary N) is 1. The molecule has 2 aromatic carbocycles. The standard InChI is InChI=1S/C19H17N3O3S/c1-12-6-8-14(9-7-12)19-20-15(11-26-19)10-18(23)21-16-4-3-5-17(13(16)2)22(24)25/h3-9,11H,10H2,1-2H3,(H,21,23). The molecule has 1 amide bonds. The Labute approximate surface area is 154 Å². The molecule has 1 N–H and O–H groups in total. The van der Waals surface area contributed by atoms with E-state index in [4.69, 9.17) is 0 Å². The van der Waals surface area contributed by atoms with Crippen LogP contribution in [0.1, 0.15) is 16.8 Å². The van der Waals surface area contributed by atoms with Crippen molar-refractivity contribution in [3.63, 3.8) is 0 Å². The lowest BCUT2D eigenvalue weighted by Crippen LogP contribution is -2.15. The van der Waals surface area contributed by atoms with Crippen molar-refractivity contribution < 1.29 is 9.72 Å². The predicted molar refractivity (Wildman–Crippen MR) is 102 cm³/mol. The van der Waals surface area contributed by atoms with Crippen LogP contribution in [0.25, 0.3) is 10.6 Å². The van der Waals surface area contributed by atoms with Gasteiger partial charge in [0.15, 0.2) is 0 Å². The van der Waals surface area contributed by atoms with E-state index in [0.717, 1.165) is 10.6 Å². The fourth-order valence-electron chi connectivity index (χ4n) is 2.53. The number of aromatic nitrogens is 1. The van der Waals surface area contributed by atoms with Crippen LogP contribution in [0.5, 0.6) is 0 Å². The summed E-state index contributed by atoms with van der Waals surface area (Å²) in [7, 11) is 0. The van der Waals surface area contributed by atoms with Gasteiger partial charge >= 0.3 is 0 Å². The fourth-order valence-corrected chi connectivity index (χ4v) is 3.36. The number of hydrogen-bond acceptors (Lipinski definition) is 5. The molecule has 0 bridgehead atoms. The molecule has 0 fully saturated rings. The van der Waals surface area contributed by atoms with E-state index < -0.39 is 4.92 Å². The van der Waals surface area contributed by atoms with E-state index in [1.807, 2.05) is 36.6 Å². The maximum atomic E-state index is 12.3. The second-order valence-electron chi connectivity index (χ2n) is 5.94. The summed E-state index contributed by atoms with van der Waals surface area (Å²) >= 11 is 1.49. The summed E-state index contributed by atoms with van der Waals surface area (Å²) < 4.78 is 0. The number of nitro groups is 1. The van der Waals surface area contributed by atoms with E-state index in [-0.39, 0.29) is 18.0 Å². The van der Waals surface area contributed by atoms with Crippen LogP contribution in [0, 0.1) is 24.0 Å². The van der Waals surface area contributed by atoms with Gasteiger partial charge in [-0.3, -0.25) is 14.9 Å². The van der Waals surface area contributed by atoms with Crippen LogP contribution < -0.4 is 5.32 Å². The second kappa shape index (κ2) is 7.45. The van der Waals surface area contributed by atoms with Gasteiger partial charge in [-0.05, 0) is 19.9 Å².